The zero-order valence-corrected chi connectivity index (χ0v) is 21.0. The number of carboxylic acid groups (broad SMARTS) is 1. The quantitative estimate of drug-likeness (QED) is 0.338. The topological polar surface area (TPSA) is 63.3 Å². The molecule has 1 aliphatic heterocycles. The van der Waals surface area contributed by atoms with Crippen LogP contribution in [-0.4, -0.2) is 38.5 Å². The molecule has 6 nitrogen and oxygen atoms in total. The fourth-order valence-electron chi connectivity index (χ4n) is 6.51. The molecule has 0 atom stereocenters. The summed E-state index contributed by atoms with van der Waals surface area (Å²) < 4.78 is 31.5. The second-order valence-corrected chi connectivity index (χ2v) is 10.7. The van der Waals surface area contributed by atoms with E-state index < -0.39 is 12.4 Å². The standard InChI is InChI=1S/C29H30F2N4O2/c1-18-5-3-4-6-24(18)35-26(22(16-32-35)27(30)31)19-14-29(15-19)9-11-34(12-10-29)20-7-8-21-23(28(36)37)17-33(2)25(21)13-20/h3-8,13,16-17,19,27H,9-12,14-15H2,1-2H3,(H,36,37). The third kappa shape index (κ3) is 3.90. The minimum atomic E-state index is -2.54. The Labute approximate surface area is 214 Å². The number of anilines is 1. The fourth-order valence-corrected chi connectivity index (χ4v) is 6.51. The highest BCUT2D eigenvalue weighted by Crippen LogP contribution is 2.58. The van der Waals surface area contributed by atoms with Crippen molar-refractivity contribution in [2.24, 2.45) is 12.5 Å². The zero-order valence-electron chi connectivity index (χ0n) is 21.0. The number of aryl methyl sites for hydroxylation is 2. The van der Waals surface area contributed by atoms with E-state index in [1.807, 2.05) is 54.9 Å². The van der Waals surface area contributed by atoms with Crippen LogP contribution in [0.3, 0.4) is 0 Å². The molecule has 1 saturated heterocycles. The van der Waals surface area contributed by atoms with Crippen molar-refractivity contribution in [2.75, 3.05) is 18.0 Å². The lowest BCUT2D eigenvalue weighted by Crippen LogP contribution is -2.47. The number of carboxylic acids is 1. The zero-order chi connectivity index (χ0) is 25.9. The van der Waals surface area contributed by atoms with Crippen molar-refractivity contribution in [3.8, 4) is 5.69 Å². The molecule has 0 unspecified atom stereocenters. The van der Waals surface area contributed by atoms with Gasteiger partial charge in [-0.3, -0.25) is 0 Å². The molecule has 37 heavy (non-hydrogen) atoms. The van der Waals surface area contributed by atoms with Crippen LogP contribution >= 0.6 is 0 Å². The summed E-state index contributed by atoms with van der Waals surface area (Å²) in [6.07, 6.45) is 4.28. The average molecular weight is 505 g/mol. The molecule has 3 heterocycles. The predicted molar refractivity (Wildman–Crippen MR) is 139 cm³/mol. The van der Waals surface area contributed by atoms with Crippen molar-refractivity contribution in [1.29, 1.82) is 0 Å². The summed E-state index contributed by atoms with van der Waals surface area (Å²) in [6, 6.07) is 13.8. The summed E-state index contributed by atoms with van der Waals surface area (Å²) in [6.45, 7) is 3.77. The first-order chi connectivity index (χ1) is 17.8. The molecule has 6 rings (SSSR count). The van der Waals surface area contributed by atoms with Crippen LogP contribution in [-0.2, 0) is 7.05 Å². The van der Waals surface area contributed by atoms with E-state index >= 15 is 0 Å². The Balaban J connectivity index is 1.19. The number of fused-ring (bicyclic) bond motifs is 1. The van der Waals surface area contributed by atoms with Crippen molar-refractivity contribution in [3.05, 3.63) is 77.2 Å². The van der Waals surface area contributed by atoms with Gasteiger partial charge in [0.25, 0.3) is 6.43 Å². The van der Waals surface area contributed by atoms with Crippen LogP contribution in [0.5, 0.6) is 0 Å². The van der Waals surface area contributed by atoms with E-state index in [0.29, 0.717) is 11.3 Å². The molecule has 2 aliphatic rings. The van der Waals surface area contributed by atoms with Crippen LogP contribution in [0, 0.1) is 12.3 Å². The number of hydrogen-bond acceptors (Lipinski definition) is 3. The van der Waals surface area contributed by atoms with Gasteiger partial charge in [0.15, 0.2) is 0 Å². The van der Waals surface area contributed by atoms with Crippen molar-refractivity contribution in [1.82, 2.24) is 14.3 Å². The fraction of sp³-hybridized carbons (Fsp3) is 0.379. The highest BCUT2D eigenvalue weighted by molar-refractivity contribution is 6.04. The third-order valence-electron chi connectivity index (χ3n) is 8.55. The maximum atomic E-state index is 13.9. The van der Waals surface area contributed by atoms with Gasteiger partial charge in [-0.05, 0) is 67.9 Å². The van der Waals surface area contributed by atoms with E-state index in [1.54, 1.807) is 10.9 Å². The van der Waals surface area contributed by atoms with Gasteiger partial charge in [-0.1, -0.05) is 18.2 Å². The SMILES string of the molecule is Cc1ccccc1-n1ncc(C(F)F)c1C1CC2(CCN(c3ccc4c(C(=O)O)cn(C)c4c3)CC2)C1. The maximum Gasteiger partial charge on any atom is 0.337 e. The van der Waals surface area contributed by atoms with Gasteiger partial charge in [-0.2, -0.15) is 5.10 Å². The van der Waals surface area contributed by atoms with E-state index in [-0.39, 0.29) is 16.9 Å². The molecule has 1 saturated carbocycles. The molecule has 2 fully saturated rings. The van der Waals surface area contributed by atoms with Crippen LogP contribution in [0.25, 0.3) is 16.6 Å². The molecule has 1 spiro atoms. The van der Waals surface area contributed by atoms with Crippen LogP contribution in [0.15, 0.2) is 54.9 Å². The largest absolute Gasteiger partial charge is 0.478 e. The van der Waals surface area contributed by atoms with E-state index in [9.17, 15) is 18.7 Å². The number of benzene rings is 2. The Hall–Kier alpha value is -3.68. The van der Waals surface area contributed by atoms with Gasteiger partial charge in [0.2, 0.25) is 0 Å². The lowest BCUT2D eigenvalue weighted by Gasteiger charge is -2.53. The Morgan fingerprint density at radius 3 is 2.54 bits per heavy atom. The van der Waals surface area contributed by atoms with Crippen LogP contribution in [0.4, 0.5) is 14.5 Å². The molecule has 2 aromatic heterocycles. The van der Waals surface area contributed by atoms with Crippen molar-refractivity contribution < 1.29 is 18.7 Å². The maximum absolute atomic E-state index is 13.9. The Morgan fingerprint density at radius 1 is 1.14 bits per heavy atom. The van der Waals surface area contributed by atoms with Crippen LogP contribution in [0.2, 0.25) is 0 Å². The Kier molecular flexibility index (Phi) is 5.58. The number of carbonyl (C=O) groups is 1. The van der Waals surface area contributed by atoms with Gasteiger partial charge in [-0.25, -0.2) is 18.3 Å². The normalized spacial score (nSPS) is 17.6. The minimum absolute atomic E-state index is 0.0529. The molecule has 192 valence electrons. The lowest BCUT2D eigenvalue weighted by molar-refractivity contribution is 0.0622. The number of halogens is 2. The number of piperidine rings is 1. The minimum Gasteiger partial charge on any atom is -0.478 e. The van der Waals surface area contributed by atoms with Gasteiger partial charge < -0.3 is 14.6 Å². The molecule has 2 aromatic carbocycles. The van der Waals surface area contributed by atoms with Crippen molar-refractivity contribution >= 4 is 22.6 Å². The molecular weight excluding hydrogens is 474 g/mol. The highest BCUT2D eigenvalue weighted by atomic mass is 19.3. The number of hydrogen-bond donors (Lipinski definition) is 1. The Bertz CT molecular complexity index is 1490. The van der Waals surface area contributed by atoms with E-state index in [4.69, 9.17) is 0 Å². The van der Waals surface area contributed by atoms with Crippen LogP contribution in [0.1, 0.15) is 65.2 Å². The summed E-state index contributed by atoms with van der Waals surface area (Å²) in [7, 11) is 1.87. The molecule has 1 N–H and O–H groups in total. The Morgan fingerprint density at radius 2 is 1.86 bits per heavy atom. The number of aromatic nitrogens is 3. The summed E-state index contributed by atoms with van der Waals surface area (Å²) in [5.74, 6) is -0.844. The highest BCUT2D eigenvalue weighted by Gasteiger charge is 2.48. The first kappa shape index (κ1) is 23.7. The molecule has 1 aliphatic carbocycles. The van der Waals surface area contributed by atoms with Crippen molar-refractivity contribution in [2.45, 2.75) is 45.0 Å². The van der Waals surface area contributed by atoms with Gasteiger partial charge in [0.05, 0.1) is 34.2 Å². The average Bonchev–Trinajstić information content (AvgIpc) is 3.44. The van der Waals surface area contributed by atoms with E-state index in [2.05, 4.69) is 16.1 Å². The third-order valence-corrected chi connectivity index (χ3v) is 8.55. The summed E-state index contributed by atoms with van der Waals surface area (Å²) >= 11 is 0. The first-order valence-corrected chi connectivity index (χ1v) is 12.8. The van der Waals surface area contributed by atoms with E-state index in [0.717, 1.165) is 66.6 Å². The smallest absolute Gasteiger partial charge is 0.337 e. The van der Waals surface area contributed by atoms with Gasteiger partial charge in [0, 0.05) is 43.3 Å². The predicted octanol–water partition coefficient (Wildman–Crippen LogP) is 6.47. The molecule has 0 bridgehead atoms. The van der Waals surface area contributed by atoms with Gasteiger partial charge >= 0.3 is 5.97 Å². The number of rotatable bonds is 5. The second kappa shape index (κ2) is 8.71. The second-order valence-electron chi connectivity index (χ2n) is 10.7. The van der Waals surface area contributed by atoms with Crippen LogP contribution < -0.4 is 4.90 Å². The first-order valence-electron chi connectivity index (χ1n) is 12.8. The molecule has 0 amide bonds. The number of para-hydroxylation sites is 1. The molecule has 4 aromatic rings. The van der Waals surface area contributed by atoms with Gasteiger partial charge in [-0.15, -0.1) is 0 Å². The number of aromatic carboxylic acids is 1. The molecular formula is C29H30F2N4O2. The van der Waals surface area contributed by atoms with Gasteiger partial charge in [0.1, 0.15) is 0 Å². The molecule has 0 radical (unpaired) electrons. The summed E-state index contributed by atoms with van der Waals surface area (Å²) in [5, 5.41) is 14.6. The lowest BCUT2D eigenvalue weighted by atomic mass is 9.56. The van der Waals surface area contributed by atoms with Crippen molar-refractivity contribution in [3.63, 3.8) is 0 Å². The molecule has 8 heteroatoms. The number of alkyl halides is 2. The summed E-state index contributed by atoms with van der Waals surface area (Å²) in [4.78, 5) is 13.9. The monoisotopic (exact) mass is 504 g/mol. The van der Waals surface area contributed by atoms with E-state index in [1.165, 1.54) is 6.20 Å². The number of nitrogens with zero attached hydrogens (tertiary/aromatic N) is 4. The summed E-state index contributed by atoms with van der Waals surface area (Å²) in [5.41, 5.74) is 5.08.